The van der Waals surface area contributed by atoms with Gasteiger partial charge in [0.1, 0.15) is 30.2 Å². The summed E-state index contributed by atoms with van der Waals surface area (Å²) in [6.45, 7) is 1.93. The summed E-state index contributed by atoms with van der Waals surface area (Å²) in [5.74, 6) is -2.46. The van der Waals surface area contributed by atoms with Gasteiger partial charge in [0.25, 0.3) is 0 Å². The van der Waals surface area contributed by atoms with Crippen LogP contribution >= 0.6 is 0 Å². The summed E-state index contributed by atoms with van der Waals surface area (Å²) in [5.41, 5.74) is 22.2. The van der Waals surface area contributed by atoms with E-state index in [1.807, 2.05) is 0 Å². The summed E-state index contributed by atoms with van der Waals surface area (Å²) in [4.78, 5) is 84.7. The first-order valence-corrected chi connectivity index (χ1v) is 21.4. The van der Waals surface area contributed by atoms with Gasteiger partial charge in [0, 0.05) is 13.5 Å². The van der Waals surface area contributed by atoms with Crippen molar-refractivity contribution in [3.05, 3.63) is 0 Å². The molecule has 13 N–H and O–H groups in total. The number of nitrogens with two attached hydrogens (primary N) is 4. The SMILES string of the molecule is CC(=O)NC(CCCN=C(N)N)C(=O)NC(CC1CCCCC1)C(=O)NC(CC1CCCCC1)C(=O)NC(CC1CCCCC1)C(=O)NC(CCCN)C(N)=O. The van der Waals surface area contributed by atoms with Gasteiger partial charge in [-0.05, 0) is 69.2 Å². The number of carbonyl (C=O) groups is 6. The van der Waals surface area contributed by atoms with Crippen LogP contribution in [0.2, 0.25) is 0 Å². The number of nitrogens with one attached hydrogen (secondary N) is 5. The number of hydrogen-bond donors (Lipinski definition) is 9. The molecular formula is C40H72N10O6. The lowest BCUT2D eigenvalue weighted by atomic mass is 9.83. The van der Waals surface area contributed by atoms with Crippen molar-refractivity contribution < 1.29 is 28.8 Å². The van der Waals surface area contributed by atoms with Crippen molar-refractivity contribution >= 4 is 41.4 Å². The van der Waals surface area contributed by atoms with Gasteiger partial charge in [0.15, 0.2) is 5.96 Å². The molecule has 0 aromatic rings. The molecule has 16 heteroatoms. The smallest absolute Gasteiger partial charge is 0.243 e. The molecule has 5 unspecified atom stereocenters. The minimum atomic E-state index is -0.965. The van der Waals surface area contributed by atoms with Gasteiger partial charge < -0.3 is 49.5 Å². The number of guanidine groups is 1. The van der Waals surface area contributed by atoms with Gasteiger partial charge in [0.05, 0.1) is 0 Å². The lowest BCUT2D eigenvalue weighted by molar-refractivity contribution is -0.135. The molecule has 0 spiro atoms. The van der Waals surface area contributed by atoms with Gasteiger partial charge in [-0.25, -0.2) is 0 Å². The molecule has 5 atom stereocenters. The van der Waals surface area contributed by atoms with Gasteiger partial charge in [0.2, 0.25) is 35.4 Å². The van der Waals surface area contributed by atoms with Crippen molar-refractivity contribution in [1.29, 1.82) is 0 Å². The Balaban J connectivity index is 1.86. The molecule has 3 rings (SSSR count). The minimum Gasteiger partial charge on any atom is -0.370 e. The van der Waals surface area contributed by atoms with Crippen LogP contribution in [0.25, 0.3) is 0 Å². The molecule has 0 aromatic carbocycles. The molecule has 3 fully saturated rings. The fourth-order valence-electron chi connectivity index (χ4n) is 8.68. The zero-order valence-electron chi connectivity index (χ0n) is 33.8. The molecule has 0 saturated heterocycles. The number of primary amides is 1. The standard InChI is InChI=1S/C40H72N10O6/c1-26(51)46-31(20-12-22-45-40(43)44)36(53)48-33(24-28-15-7-3-8-16-28)38(55)50-34(25-29-17-9-4-10-18-29)39(56)49-32(23-27-13-5-2-6-14-27)37(54)47-30(35(42)52)19-11-21-41/h27-34H,2-25,41H2,1H3,(H2,42,52)(H,46,51)(H,47,54)(H,48,53)(H,49,56)(H,50,55)(H4,43,44,45). The van der Waals surface area contributed by atoms with E-state index in [9.17, 15) is 28.8 Å². The minimum absolute atomic E-state index is 0.0696. The topological polar surface area (TPSA) is 279 Å². The van der Waals surface area contributed by atoms with Crippen LogP contribution in [-0.4, -0.2) is 84.7 Å². The molecule has 318 valence electrons. The number of carbonyl (C=O) groups excluding carboxylic acids is 6. The Labute approximate surface area is 333 Å². The number of hydrogen-bond acceptors (Lipinski definition) is 8. The molecule has 3 aliphatic rings. The molecule has 0 bridgehead atoms. The lowest BCUT2D eigenvalue weighted by Crippen LogP contribution is -2.59. The van der Waals surface area contributed by atoms with Crippen molar-refractivity contribution in [1.82, 2.24) is 26.6 Å². The van der Waals surface area contributed by atoms with Gasteiger partial charge in [-0.1, -0.05) is 96.3 Å². The summed E-state index contributed by atoms with van der Waals surface area (Å²) in [6.07, 6.45) is 17.8. The average Bonchev–Trinajstić information content (AvgIpc) is 3.17. The molecule has 0 radical (unpaired) electrons. The molecule has 0 heterocycles. The van der Waals surface area contributed by atoms with Crippen LogP contribution in [-0.2, 0) is 28.8 Å². The number of rotatable bonds is 23. The molecule has 6 amide bonds. The Morgan fingerprint density at radius 3 is 1.21 bits per heavy atom. The van der Waals surface area contributed by atoms with Crippen molar-refractivity contribution in [2.24, 2.45) is 45.7 Å². The van der Waals surface area contributed by atoms with Gasteiger partial charge in [-0.15, -0.1) is 0 Å². The lowest BCUT2D eigenvalue weighted by Gasteiger charge is -2.32. The van der Waals surface area contributed by atoms with Crippen LogP contribution < -0.4 is 49.5 Å². The van der Waals surface area contributed by atoms with Crippen molar-refractivity contribution in [2.45, 2.75) is 178 Å². The van der Waals surface area contributed by atoms with Crippen molar-refractivity contribution in [2.75, 3.05) is 13.1 Å². The monoisotopic (exact) mass is 789 g/mol. The molecule has 0 aliphatic heterocycles. The largest absolute Gasteiger partial charge is 0.370 e. The van der Waals surface area contributed by atoms with Crippen LogP contribution in [0.1, 0.15) is 148 Å². The Kier molecular flexibility index (Phi) is 21.0. The fourth-order valence-corrected chi connectivity index (χ4v) is 8.68. The Morgan fingerprint density at radius 2 is 0.875 bits per heavy atom. The maximum absolute atomic E-state index is 14.4. The molecule has 0 aromatic heterocycles. The molecule has 16 nitrogen and oxygen atoms in total. The van der Waals surface area contributed by atoms with E-state index in [4.69, 9.17) is 22.9 Å². The second-order valence-corrected chi connectivity index (χ2v) is 16.5. The van der Waals surface area contributed by atoms with Crippen molar-refractivity contribution in [3.8, 4) is 0 Å². The zero-order chi connectivity index (χ0) is 40.9. The molecule has 3 saturated carbocycles. The second kappa shape index (κ2) is 25.3. The van der Waals surface area contributed by atoms with E-state index >= 15 is 0 Å². The molecule has 3 aliphatic carbocycles. The van der Waals surface area contributed by atoms with E-state index in [2.05, 4.69) is 31.6 Å². The first kappa shape index (κ1) is 46.4. The number of aliphatic imine (C=N–C) groups is 1. The summed E-state index contributed by atoms with van der Waals surface area (Å²) >= 11 is 0. The maximum atomic E-state index is 14.4. The van der Waals surface area contributed by atoms with Crippen LogP contribution in [0.15, 0.2) is 4.99 Å². The van der Waals surface area contributed by atoms with E-state index < -0.39 is 65.7 Å². The van der Waals surface area contributed by atoms with Crippen LogP contribution in [0.3, 0.4) is 0 Å². The highest BCUT2D eigenvalue weighted by Gasteiger charge is 2.35. The van der Waals surface area contributed by atoms with E-state index in [0.717, 1.165) is 96.3 Å². The summed E-state index contributed by atoms with van der Waals surface area (Å²) < 4.78 is 0. The van der Waals surface area contributed by atoms with Crippen molar-refractivity contribution in [3.63, 3.8) is 0 Å². The summed E-state index contributed by atoms with van der Waals surface area (Å²) in [7, 11) is 0. The van der Waals surface area contributed by atoms with E-state index in [0.29, 0.717) is 38.6 Å². The average molecular weight is 789 g/mol. The van der Waals surface area contributed by atoms with E-state index in [-0.39, 0.29) is 43.1 Å². The highest BCUT2D eigenvalue weighted by Crippen LogP contribution is 2.30. The number of nitrogens with zero attached hydrogens (tertiary/aromatic N) is 1. The second-order valence-electron chi connectivity index (χ2n) is 16.5. The third-order valence-corrected chi connectivity index (χ3v) is 11.8. The predicted octanol–water partition coefficient (Wildman–Crippen LogP) is 1.62. The number of amides is 6. The zero-order valence-corrected chi connectivity index (χ0v) is 33.8. The van der Waals surface area contributed by atoms with E-state index in [1.165, 1.54) is 6.92 Å². The fraction of sp³-hybridized carbons (Fsp3) is 0.825. The molecule has 56 heavy (non-hydrogen) atoms. The van der Waals surface area contributed by atoms with Gasteiger partial charge >= 0.3 is 0 Å². The Hall–Kier alpha value is -3.95. The maximum Gasteiger partial charge on any atom is 0.243 e. The summed E-state index contributed by atoms with van der Waals surface area (Å²) in [5, 5.41) is 14.4. The third-order valence-electron chi connectivity index (χ3n) is 11.8. The van der Waals surface area contributed by atoms with Gasteiger partial charge in [-0.2, -0.15) is 0 Å². The van der Waals surface area contributed by atoms with Crippen LogP contribution in [0, 0.1) is 17.8 Å². The first-order chi connectivity index (χ1) is 26.9. The quantitative estimate of drug-likeness (QED) is 0.0413. The normalized spacial score (nSPS) is 19.6. The first-order valence-electron chi connectivity index (χ1n) is 21.4. The van der Waals surface area contributed by atoms with Crippen LogP contribution in [0.5, 0.6) is 0 Å². The van der Waals surface area contributed by atoms with Crippen LogP contribution in [0.4, 0.5) is 0 Å². The Morgan fingerprint density at radius 1 is 0.518 bits per heavy atom. The predicted molar refractivity (Wildman–Crippen MR) is 216 cm³/mol. The summed E-state index contributed by atoms with van der Waals surface area (Å²) in [6, 6.07) is -4.70. The van der Waals surface area contributed by atoms with E-state index in [1.54, 1.807) is 0 Å². The molecular weight excluding hydrogens is 717 g/mol. The highest BCUT2D eigenvalue weighted by molar-refractivity contribution is 5.96. The Bertz CT molecular complexity index is 1290. The van der Waals surface area contributed by atoms with Gasteiger partial charge in [-0.3, -0.25) is 33.8 Å². The third kappa shape index (κ3) is 17.5. The highest BCUT2D eigenvalue weighted by atomic mass is 16.2.